The molecule has 1 rings (SSSR count). The number of ether oxygens (including phenoxy) is 3. The highest BCUT2D eigenvalue weighted by Gasteiger charge is 2.35. The van der Waals surface area contributed by atoms with Gasteiger partial charge in [0.15, 0.2) is 0 Å². The third-order valence-electron chi connectivity index (χ3n) is 3.36. The molecular weight excluding hydrogens is 274 g/mol. The van der Waals surface area contributed by atoms with Gasteiger partial charge in [-0.05, 0) is 25.2 Å². The zero-order valence-electron chi connectivity index (χ0n) is 13.0. The molecule has 0 spiro atoms. The first-order valence-electron chi connectivity index (χ1n) is 7.95. The second-order valence-corrected chi connectivity index (χ2v) is 5.30. The van der Waals surface area contributed by atoms with Gasteiger partial charge < -0.3 is 24.6 Å². The topological polar surface area (TPSA) is 77.0 Å². The number of hydrogen-bond donors (Lipinski definition) is 2. The van der Waals surface area contributed by atoms with Gasteiger partial charge in [0.05, 0.1) is 33.0 Å². The Morgan fingerprint density at radius 2 is 1.67 bits per heavy atom. The van der Waals surface area contributed by atoms with Gasteiger partial charge in [-0.25, -0.2) is 0 Å². The van der Waals surface area contributed by atoms with Crippen LogP contribution in [0.25, 0.3) is 0 Å². The minimum absolute atomic E-state index is 0.304. The molecule has 0 aliphatic heterocycles. The Hall–Kier alpha value is -0.690. The maximum absolute atomic E-state index is 11.0. The van der Waals surface area contributed by atoms with E-state index in [4.69, 9.17) is 19.3 Å². The van der Waals surface area contributed by atoms with Crippen LogP contribution >= 0.6 is 0 Å². The van der Waals surface area contributed by atoms with Gasteiger partial charge in [-0.2, -0.15) is 0 Å². The molecule has 1 unspecified atom stereocenters. The lowest BCUT2D eigenvalue weighted by Crippen LogP contribution is -2.40. The van der Waals surface area contributed by atoms with Gasteiger partial charge in [0, 0.05) is 13.2 Å². The zero-order valence-corrected chi connectivity index (χ0v) is 13.0. The van der Waals surface area contributed by atoms with E-state index in [9.17, 15) is 4.79 Å². The van der Waals surface area contributed by atoms with Crippen molar-refractivity contribution >= 4 is 5.97 Å². The maximum atomic E-state index is 11.0. The minimum Gasteiger partial charge on any atom is -0.480 e. The molecule has 0 amide bonds. The van der Waals surface area contributed by atoms with Gasteiger partial charge in [-0.1, -0.05) is 13.3 Å². The first kappa shape index (κ1) is 18.4. The molecule has 1 aliphatic carbocycles. The number of carboxylic acids is 1. The Bertz CT molecular complexity index is 271. The van der Waals surface area contributed by atoms with Crippen LogP contribution in [-0.2, 0) is 19.0 Å². The summed E-state index contributed by atoms with van der Waals surface area (Å²) in [6.45, 7) is 6.29. The van der Waals surface area contributed by atoms with Crippen LogP contribution in [-0.4, -0.2) is 63.3 Å². The fraction of sp³-hybridized carbons (Fsp3) is 0.933. The number of aliphatic carboxylic acids is 1. The Morgan fingerprint density at radius 3 is 2.19 bits per heavy atom. The summed E-state index contributed by atoms with van der Waals surface area (Å²) in [5.41, 5.74) is 0. The molecular formula is C15H29NO5. The molecule has 6 nitrogen and oxygen atoms in total. The van der Waals surface area contributed by atoms with Gasteiger partial charge in [0.1, 0.15) is 6.04 Å². The number of unbranched alkanes of at least 4 members (excludes halogenated alkanes) is 1. The molecule has 0 heterocycles. The van der Waals surface area contributed by atoms with E-state index < -0.39 is 12.0 Å². The van der Waals surface area contributed by atoms with E-state index >= 15 is 0 Å². The Kier molecular flexibility index (Phi) is 10.4. The molecule has 0 aromatic rings. The summed E-state index contributed by atoms with van der Waals surface area (Å²) in [6.07, 6.45) is 4.26. The third-order valence-corrected chi connectivity index (χ3v) is 3.36. The number of hydrogen-bond acceptors (Lipinski definition) is 5. The van der Waals surface area contributed by atoms with Crippen molar-refractivity contribution in [2.45, 2.75) is 38.6 Å². The molecule has 1 atom stereocenters. The normalized spacial score (nSPS) is 16.0. The molecule has 6 heteroatoms. The molecule has 124 valence electrons. The molecule has 1 fully saturated rings. The van der Waals surface area contributed by atoms with Crippen molar-refractivity contribution < 1.29 is 24.1 Å². The molecule has 0 aromatic heterocycles. The summed E-state index contributed by atoms with van der Waals surface area (Å²) < 4.78 is 16.1. The molecule has 1 aliphatic rings. The fourth-order valence-corrected chi connectivity index (χ4v) is 1.96. The van der Waals surface area contributed by atoms with Crippen LogP contribution in [0.1, 0.15) is 32.6 Å². The Labute approximate surface area is 127 Å². The van der Waals surface area contributed by atoms with Crippen molar-refractivity contribution in [3.05, 3.63) is 0 Å². The predicted molar refractivity (Wildman–Crippen MR) is 79.5 cm³/mol. The molecule has 0 bridgehead atoms. The standard InChI is InChI=1S/C15H29NO5/c1-2-3-7-19-9-11-21-12-10-20-8-6-16-14(15(17)18)13-4-5-13/h13-14,16H,2-12H2,1H3,(H,17,18). The number of rotatable bonds is 15. The van der Waals surface area contributed by atoms with E-state index in [1.807, 2.05) is 0 Å². The second-order valence-electron chi connectivity index (χ2n) is 5.30. The number of carbonyl (C=O) groups is 1. The van der Waals surface area contributed by atoms with E-state index in [0.717, 1.165) is 32.3 Å². The van der Waals surface area contributed by atoms with Crippen molar-refractivity contribution in [1.29, 1.82) is 0 Å². The van der Waals surface area contributed by atoms with Crippen molar-refractivity contribution in [2.24, 2.45) is 5.92 Å². The largest absolute Gasteiger partial charge is 0.480 e. The molecule has 2 N–H and O–H groups in total. The van der Waals surface area contributed by atoms with E-state index in [-0.39, 0.29) is 0 Å². The average molecular weight is 303 g/mol. The van der Waals surface area contributed by atoms with E-state index in [1.54, 1.807) is 0 Å². The van der Waals surface area contributed by atoms with E-state index in [1.165, 1.54) is 0 Å². The van der Waals surface area contributed by atoms with Crippen molar-refractivity contribution in [2.75, 3.05) is 46.2 Å². The zero-order chi connectivity index (χ0) is 15.3. The summed E-state index contributed by atoms with van der Waals surface area (Å²) in [4.78, 5) is 11.0. The summed E-state index contributed by atoms with van der Waals surface area (Å²) in [7, 11) is 0. The monoisotopic (exact) mass is 303 g/mol. The summed E-state index contributed by atoms with van der Waals surface area (Å²) in [5, 5.41) is 12.1. The van der Waals surface area contributed by atoms with E-state index in [0.29, 0.717) is 45.5 Å². The van der Waals surface area contributed by atoms with Crippen LogP contribution in [0.4, 0.5) is 0 Å². The highest BCUT2D eigenvalue weighted by molar-refractivity contribution is 5.74. The van der Waals surface area contributed by atoms with Crippen LogP contribution in [0.5, 0.6) is 0 Å². The van der Waals surface area contributed by atoms with Crippen LogP contribution in [0.2, 0.25) is 0 Å². The minimum atomic E-state index is -0.760. The van der Waals surface area contributed by atoms with Crippen LogP contribution in [0, 0.1) is 5.92 Å². The molecule has 1 saturated carbocycles. The third kappa shape index (κ3) is 9.79. The smallest absolute Gasteiger partial charge is 0.320 e. The molecule has 0 aromatic carbocycles. The number of carboxylic acid groups (broad SMARTS) is 1. The van der Waals surface area contributed by atoms with Gasteiger partial charge in [0.2, 0.25) is 0 Å². The SMILES string of the molecule is CCCCOCCOCCOCCNC(C(=O)O)C1CC1. The Balaban J connectivity index is 1.79. The average Bonchev–Trinajstić information content (AvgIpc) is 3.28. The van der Waals surface area contributed by atoms with Crippen LogP contribution in [0.15, 0.2) is 0 Å². The van der Waals surface area contributed by atoms with Gasteiger partial charge in [-0.3, -0.25) is 4.79 Å². The predicted octanol–water partition coefficient (Wildman–Crippen LogP) is 1.29. The van der Waals surface area contributed by atoms with Crippen LogP contribution in [0.3, 0.4) is 0 Å². The molecule has 0 saturated heterocycles. The fourth-order valence-electron chi connectivity index (χ4n) is 1.96. The quantitative estimate of drug-likeness (QED) is 0.444. The van der Waals surface area contributed by atoms with Crippen molar-refractivity contribution in [3.63, 3.8) is 0 Å². The van der Waals surface area contributed by atoms with Crippen molar-refractivity contribution in [3.8, 4) is 0 Å². The summed E-state index contributed by atoms with van der Waals surface area (Å²) in [5.74, 6) is -0.456. The van der Waals surface area contributed by atoms with Gasteiger partial charge >= 0.3 is 5.97 Å². The highest BCUT2D eigenvalue weighted by Crippen LogP contribution is 2.32. The molecule has 0 radical (unpaired) electrons. The van der Waals surface area contributed by atoms with Crippen molar-refractivity contribution in [1.82, 2.24) is 5.32 Å². The van der Waals surface area contributed by atoms with E-state index in [2.05, 4.69) is 12.2 Å². The molecule has 21 heavy (non-hydrogen) atoms. The van der Waals surface area contributed by atoms with Gasteiger partial charge in [0.25, 0.3) is 0 Å². The lowest BCUT2D eigenvalue weighted by molar-refractivity contribution is -0.140. The Morgan fingerprint density at radius 1 is 1.10 bits per heavy atom. The maximum Gasteiger partial charge on any atom is 0.320 e. The number of nitrogens with one attached hydrogen (secondary N) is 1. The first-order chi connectivity index (χ1) is 10.3. The van der Waals surface area contributed by atoms with Crippen LogP contribution < -0.4 is 5.32 Å². The highest BCUT2D eigenvalue weighted by atomic mass is 16.5. The summed E-state index contributed by atoms with van der Waals surface area (Å²) in [6, 6.07) is -0.412. The summed E-state index contributed by atoms with van der Waals surface area (Å²) >= 11 is 0. The second kappa shape index (κ2) is 11.9. The lowest BCUT2D eigenvalue weighted by Gasteiger charge is -2.13. The lowest BCUT2D eigenvalue weighted by atomic mass is 10.2. The van der Waals surface area contributed by atoms with Gasteiger partial charge in [-0.15, -0.1) is 0 Å². The first-order valence-corrected chi connectivity index (χ1v) is 7.95.